The number of benzene rings is 2. The van der Waals surface area contributed by atoms with Gasteiger partial charge in [-0.25, -0.2) is 4.79 Å². The molecule has 0 radical (unpaired) electrons. The lowest BCUT2D eigenvalue weighted by atomic mass is 9.63. The van der Waals surface area contributed by atoms with E-state index in [4.69, 9.17) is 4.74 Å². The molecule has 1 saturated heterocycles. The van der Waals surface area contributed by atoms with Crippen LogP contribution in [-0.4, -0.2) is 35.0 Å². The number of nitrogens with zero attached hydrogens (tertiary/aromatic N) is 1. The lowest BCUT2D eigenvalue weighted by molar-refractivity contribution is -0.153. The molecule has 4 aliphatic carbocycles. The second-order valence-electron chi connectivity index (χ2n) is 9.51. The van der Waals surface area contributed by atoms with Crippen LogP contribution in [0, 0.1) is 35.5 Å². The van der Waals surface area contributed by atoms with E-state index < -0.39 is 12.0 Å². The number of hydrogen-bond acceptors (Lipinski definition) is 5. The van der Waals surface area contributed by atoms with Crippen molar-refractivity contribution in [3.63, 3.8) is 0 Å². The van der Waals surface area contributed by atoms with Gasteiger partial charge in [-0.1, -0.05) is 42.5 Å². The Morgan fingerprint density at radius 2 is 1.55 bits per heavy atom. The van der Waals surface area contributed by atoms with Crippen molar-refractivity contribution in [3.05, 3.63) is 77.9 Å². The summed E-state index contributed by atoms with van der Waals surface area (Å²) >= 11 is 0. The average molecular weight is 441 g/mol. The van der Waals surface area contributed by atoms with Gasteiger partial charge in [-0.05, 0) is 59.9 Å². The Labute approximate surface area is 191 Å². The fourth-order valence-corrected chi connectivity index (χ4v) is 6.20. The zero-order chi connectivity index (χ0) is 22.7. The topological polar surface area (TPSA) is 80.8 Å². The maximum absolute atomic E-state index is 13.6. The van der Waals surface area contributed by atoms with Crippen molar-refractivity contribution in [1.82, 2.24) is 4.90 Å². The number of carbonyl (C=O) groups excluding carboxylic acids is 4. The molecule has 6 nitrogen and oxygen atoms in total. The molecule has 0 aromatic heterocycles. The van der Waals surface area contributed by atoms with E-state index in [1.807, 2.05) is 30.3 Å². The predicted octanol–water partition coefficient (Wildman–Crippen LogP) is 3.07. The first-order valence-corrected chi connectivity index (χ1v) is 11.4. The Balaban J connectivity index is 1.32. The van der Waals surface area contributed by atoms with Gasteiger partial charge in [-0.3, -0.25) is 19.3 Å². The Morgan fingerprint density at radius 3 is 2.12 bits per heavy atom. The van der Waals surface area contributed by atoms with Crippen LogP contribution >= 0.6 is 0 Å². The first-order valence-electron chi connectivity index (χ1n) is 11.4. The molecule has 0 N–H and O–H groups in total. The number of rotatable bonds is 6. The fraction of sp³-hybridized carbons (Fsp3) is 0.333. The van der Waals surface area contributed by atoms with Crippen molar-refractivity contribution in [1.29, 1.82) is 0 Å². The van der Waals surface area contributed by atoms with E-state index >= 15 is 0 Å². The lowest BCUT2D eigenvalue weighted by Gasteiger charge is -2.37. The average Bonchev–Trinajstić information content (AvgIpc) is 3.62. The minimum Gasteiger partial charge on any atom is -0.425 e. The number of carbonyl (C=O) groups is 4. The summed E-state index contributed by atoms with van der Waals surface area (Å²) in [4.78, 5) is 52.7. The van der Waals surface area contributed by atoms with E-state index in [-0.39, 0.29) is 47.7 Å². The van der Waals surface area contributed by atoms with E-state index in [1.165, 1.54) is 17.0 Å². The van der Waals surface area contributed by atoms with E-state index in [9.17, 15) is 19.2 Å². The summed E-state index contributed by atoms with van der Waals surface area (Å²) in [6, 6.07) is 14.5. The number of likely N-dealkylation sites (tertiary alicyclic amines) is 1. The van der Waals surface area contributed by atoms with Gasteiger partial charge < -0.3 is 4.74 Å². The second-order valence-corrected chi connectivity index (χ2v) is 9.51. The number of allylic oxidation sites excluding steroid dienone is 2. The molecule has 2 aromatic carbocycles. The van der Waals surface area contributed by atoms with Crippen LogP contribution in [0.1, 0.15) is 22.3 Å². The SMILES string of the molecule is O=Cc1ccc(OC(=O)[C@H](Cc2ccccc2)N2C(=O)[C@@H]3[C@H]4C=C[C@@H]([C@@H]5C[C@H]45)[C@@H]3C2=O)cc1. The smallest absolute Gasteiger partial charge is 0.335 e. The highest BCUT2D eigenvalue weighted by atomic mass is 16.5. The molecule has 5 aliphatic rings. The molecule has 2 aromatic rings. The third-order valence-electron chi connectivity index (χ3n) is 7.79. The summed E-state index contributed by atoms with van der Waals surface area (Å²) in [5.41, 5.74) is 1.31. The van der Waals surface area contributed by atoms with Crippen LogP contribution in [0.15, 0.2) is 66.7 Å². The normalized spacial score (nSPS) is 31.7. The van der Waals surface area contributed by atoms with Crippen molar-refractivity contribution in [2.24, 2.45) is 35.5 Å². The zero-order valence-corrected chi connectivity index (χ0v) is 17.9. The Kier molecular flexibility index (Phi) is 4.57. The van der Waals surface area contributed by atoms with E-state index in [1.54, 1.807) is 12.1 Å². The fourth-order valence-electron chi connectivity index (χ4n) is 6.20. The Morgan fingerprint density at radius 1 is 0.939 bits per heavy atom. The summed E-state index contributed by atoms with van der Waals surface area (Å²) in [5.74, 6) is -0.433. The van der Waals surface area contributed by atoms with Crippen LogP contribution in [-0.2, 0) is 20.8 Å². The third kappa shape index (κ3) is 3.16. The molecule has 1 aliphatic heterocycles. The Hall–Kier alpha value is -3.54. The van der Waals surface area contributed by atoms with E-state index in [0.717, 1.165) is 12.0 Å². The molecule has 2 saturated carbocycles. The number of aldehydes is 1. The van der Waals surface area contributed by atoms with E-state index in [2.05, 4.69) is 12.2 Å². The van der Waals surface area contributed by atoms with Gasteiger partial charge in [0.05, 0.1) is 11.8 Å². The van der Waals surface area contributed by atoms with Gasteiger partial charge >= 0.3 is 5.97 Å². The first-order chi connectivity index (χ1) is 16.1. The molecule has 2 bridgehead atoms. The van der Waals surface area contributed by atoms with Crippen LogP contribution in [0.2, 0.25) is 0 Å². The highest BCUT2D eigenvalue weighted by Crippen LogP contribution is 2.65. The van der Waals surface area contributed by atoms with Crippen LogP contribution < -0.4 is 4.74 Å². The molecule has 7 rings (SSSR count). The highest BCUT2D eigenvalue weighted by Gasteiger charge is 2.68. The molecular weight excluding hydrogens is 418 g/mol. The number of ether oxygens (including phenoxy) is 1. The van der Waals surface area contributed by atoms with Crippen molar-refractivity contribution in [2.75, 3.05) is 0 Å². The molecule has 2 amide bonds. The molecule has 166 valence electrons. The van der Waals surface area contributed by atoms with Gasteiger partial charge in [0.15, 0.2) is 0 Å². The molecule has 33 heavy (non-hydrogen) atoms. The van der Waals surface area contributed by atoms with Gasteiger partial charge in [0.2, 0.25) is 11.8 Å². The lowest BCUT2D eigenvalue weighted by Crippen LogP contribution is -2.48. The van der Waals surface area contributed by atoms with Gasteiger partial charge in [0.1, 0.15) is 18.1 Å². The van der Waals surface area contributed by atoms with Crippen molar-refractivity contribution in [2.45, 2.75) is 18.9 Å². The number of esters is 1. The summed E-state index contributed by atoms with van der Waals surface area (Å²) in [6.45, 7) is 0. The Bertz CT molecular complexity index is 1130. The first kappa shape index (κ1) is 20.1. The summed E-state index contributed by atoms with van der Waals surface area (Å²) < 4.78 is 5.59. The highest BCUT2D eigenvalue weighted by molar-refractivity contribution is 6.09. The number of hydrogen-bond donors (Lipinski definition) is 0. The molecule has 0 unspecified atom stereocenters. The van der Waals surface area contributed by atoms with Crippen LogP contribution in [0.25, 0.3) is 0 Å². The van der Waals surface area contributed by atoms with Gasteiger partial charge in [-0.2, -0.15) is 0 Å². The summed E-state index contributed by atoms with van der Waals surface area (Å²) in [7, 11) is 0. The van der Waals surface area contributed by atoms with E-state index in [0.29, 0.717) is 23.7 Å². The third-order valence-corrected chi connectivity index (χ3v) is 7.79. The molecular formula is C27H23NO5. The monoisotopic (exact) mass is 441 g/mol. The quantitative estimate of drug-likeness (QED) is 0.226. The van der Waals surface area contributed by atoms with Crippen molar-refractivity contribution < 1.29 is 23.9 Å². The zero-order valence-electron chi connectivity index (χ0n) is 17.9. The summed E-state index contributed by atoms with van der Waals surface area (Å²) in [6.07, 6.45) is 6.22. The van der Waals surface area contributed by atoms with Crippen molar-refractivity contribution >= 4 is 24.1 Å². The molecule has 6 heteroatoms. The minimum absolute atomic E-state index is 0.0933. The maximum Gasteiger partial charge on any atom is 0.335 e. The summed E-state index contributed by atoms with van der Waals surface area (Å²) in [5, 5.41) is 0. The molecule has 0 spiro atoms. The number of imide groups is 1. The predicted molar refractivity (Wildman–Crippen MR) is 118 cm³/mol. The van der Waals surface area contributed by atoms with Crippen LogP contribution in [0.5, 0.6) is 5.75 Å². The van der Waals surface area contributed by atoms with Crippen molar-refractivity contribution in [3.8, 4) is 5.75 Å². The maximum atomic E-state index is 13.6. The molecule has 1 heterocycles. The van der Waals surface area contributed by atoms with Crippen LogP contribution in [0.3, 0.4) is 0 Å². The minimum atomic E-state index is -1.04. The van der Waals surface area contributed by atoms with Gasteiger partial charge in [0, 0.05) is 12.0 Å². The van der Waals surface area contributed by atoms with Gasteiger partial charge in [0.25, 0.3) is 0 Å². The largest absolute Gasteiger partial charge is 0.425 e. The van der Waals surface area contributed by atoms with Gasteiger partial charge in [-0.15, -0.1) is 0 Å². The molecule has 3 fully saturated rings. The number of amides is 2. The molecule has 7 atom stereocenters. The second kappa shape index (κ2) is 7.51. The van der Waals surface area contributed by atoms with Crippen LogP contribution in [0.4, 0.5) is 0 Å². The standard InChI is InChI=1S/C27H23NO5/c29-14-16-6-8-17(9-7-16)33-27(32)22(12-15-4-2-1-3-5-15)28-25(30)23-18-10-11-19(21-13-20(18)21)24(23)26(28)31/h1-11,14,18-24H,12-13H2/t18-,19-,20-,21+,22-,23-,24+/m0/s1.